The number of benzene rings is 1. The van der Waals surface area contributed by atoms with E-state index in [2.05, 4.69) is 26.3 Å². The lowest BCUT2D eigenvalue weighted by atomic mass is 10.0. The van der Waals surface area contributed by atoms with Gasteiger partial charge in [0.15, 0.2) is 5.96 Å². The lowest BCUT2D eigenvalue weighted by molar-refractivity contribution is -0.134. The molecule has 0 saturated heterocycles. The van der Waals surface area contributed by atoms with Crippen LogP contribution in [0.15, 0.2) is 35.3 Å². The SMILES string of the molecule is C[C@H](NC(=O)[C@H](CCC(N)=O)NC(=O)CCCC(N)=O)C(=O)N[C@@H](CCCN=C(N)N)C(=O)N[C@@H](Cc1ccccc1)C(N)=O. The Morgan fingerprint density at radius 1 is 0.667 bits per heavy atom. The quantitative estimate of drug-likeness (QED) is 0.0371. The van der Waals surface area contributed by atoms with Gasteiger partial charge in [0.25, 0.3) is 0 Å². The lowest BCUT2D eigenvalue weighted by Crippen LogP contribution is -2.57. The third-order valence-electron chi connectivity index (χ3n) is 6.43. The highest BCUT2D eigenvalue weighted by Gasteiger charge is 2.29. The Morgan fingerprint density at radius 2 is 1.24 bits per heavy atom. The second-order valence-electron chi connectivity index (χ2n) is 10.3. The normalized spacial score (nSPS) is 13.2. The molecule has 0 heterocycles. The molecule has 0 unspecified atom stereocenters. The molecule has 0 aliphatic carbocycles. The number of nitrogens with two attached hydrogens (primary N) is 5. The number of carbonyl (C=O) groups excluding carboxylic acids is 7. The molecule has 0 spiro atoms. The summed E-state index contributed by atoms with van der Waals surface area (Å²) in [5, 5.41) is 10.0. The molecule has 0 radical (unpaired) electrons. The Kier molecular flexibility index (Phi) is 16.7. The minimum absolute atomic E-state index is 0.0318. The summed E-state index contributed by atoms with van der Waals surface area (Å²) < 4.78 is 0. The van der Waals surface area contributed by atoms with Crippen LogP contribution >= 0.6 is 0 Å². The average Bonchev–Trinajstić information content (AvgIpc) is 2.96. The fourth-order valence-corrected chi connectivity index (χ4v) is 4.04. The van der Waals surface area contributed by atoms with Crippen LogP contribution in [0.2, 0.25) is 0 Å². The van der Waals surface area contributed by atoms with E-state index in [-0.39, 0.29) is 63.9 Å². The molecule has 0 fully saturated rings. The molecule has 0 aliphatic rings. The van der Waals surface area contributed by atoms with Crippen molar-refractivity contribution < 1.29 is 33.6 Å². The highest BCUT2D eigenvalue weighted by molar-refractivity contribution is 5.95. The van der Waals surface area contributed by atoms with Gasteiger partial charge in [0, 0.05) is 32.2 Å². The number of hydrogen-bond acceptors (Lipinski definition) is 8. The van der Waals surface area contributed by atoms with Gasteiger partial charge in [-0.15, -0.1) is 0 Å². The molecule has 248 valence electrons. The van der Waals surface area contributed by atoms with Crippen LogP contribution in [0.1, 0.15) is 57.4 Å². The molecular formula is C28H44N10O7. The van der Waals surface area contributed by atoms with Crippen LogP contribution in [0.5, 0.6) is 0 Å². The van der Waals surface area contributed by atoms with E-state index in [1.54, 1.807) is 30.3 Å². The second kappa shape index (κ2) is 19.9. The van der Waals surface area contributed by atoms with Crippen molar-refractivity contribution >= 4 is 47.3 Å². The average molecular weight is 633 g/mol. The molecule has 4 atom stereocenters. The van der Waals surface area contributed by atoms with Crippen molar-refractivity contribution in [3.05, 3.63) is 35.9 Å². The molecule has 1 aromatic carbocycles. The van der Waals surface area contributed by atoms with Gasteiger partial charge in [0.1, 0.15) is 24.2 Å². The van der Waals surface area contributed by atoms with E-state index in [0.717, 1.165) is 5.56 Å². The monoisotopic (exact) mass is 632 g/mol. The molecule has 1 aromatic rings. The number of nitrogens with one attached hydrogen (secondary N) is 4. The minimum Gasteiger partial charge on any atom is -0.370 e. The summed E-state index contributed by atoms with van der Waals surface area (Å²) in [4.78, 5) is 89.8. The molecule has 7 amide bonds. The standard InChI is InChI=1S/C28H44N10O7/c1-16(35-26(44)19(12-13-22(30)40)36-23(41)11-5-10-21(29)39)25(43)37-18(9-6-14-34-28(32)33)27(45)38-20(24(31)42)15-17-7-3-2-4-8-17/h2-4,7-8,16,18-20H,5-6,9-15H2,1H3,(H2,29,39)(H2,30,40)(H2,31,42)(H,35,44)(H,36,41)(H,37,43)(H,38,45)(H4,32,33,34)/t16-,18-,19-,20-/m0/s1. The molecule has 14 N–H and O–H groups in total. The Labute approximate surface area is 260 Å². The first-order valence-corrected chi connectivity index (χ1v) is 14.3. The maximum atomic E-state index is 13.2. The van der Waals surface area contributed by atoms with Gasteiger partial charge in [-0.25, -0.2) is 0 Å². The van der Waals surface area contributed by atoms with Crippen molar-refractivity contribution in [1.82, 2.24) is 21.3 Å². The summed E-state index contributed by atoms with van der Waals surface area (Å²) in [5.74, 6) is -5.05. The van der Waals surface area contributed by atoms with Crippen LogP contribution in [0.25, 0.3) is 0 Å². The molecule has 1 rings (SSSR count). The summed E-state index contributed by atoms with van der Waals surface area (Å²) in [6.07, 6.45) is 0.0819. The summed E-state index contributed by atoms with van der Waals surface area (Å²) in [6, 6.07) is 4.20. The van der Waals surface area contributed by atoms with E-state index in [4.69, 9.17) is 28.7 Å². The Morgan fingerprint density at radius 3 is 1.82 bits per heavy atom. The van der Waals surface area contributed by atoms with Gasteiger partial charge in [-0.2, -0.15) is 0 Å². The first-order chi connectivity index (χ1) is 21.2. The number of hydrogen-bond donors (Lipinski definition) is 9. The maximum absolute atomic E-state index is 13.2. The minimum atomic E-state index is -1.22. The molecule has 45 heavy (non-hydrogen) atoms. The van der Waals surface area contributed by atoms with E-state index in [1.807, 2.05) is 0 Å². The van der Waals surface area contributed by atoms with E-state index >= 15 is 0 Å². The molecule has 17 nitrogen and oxygen atoms in total. The van der Waals surface area contributed by atoms with E-state index in [1.165, 1.54) is 6.92 Å². The van der Waals surface area contributed by atoms with Gasteiger partial charge in [-0.05, 0) is 38.2 Å². The first-order valence-electron chi connectivity index (χ1n) is 14.3. The first kappa shape index (κ1) is 37.8. The van der Waals surface area contributed by atoms with Crippen LogP contribution in [0.3, 0.4) is 0 Å². The van der Waals surface area contributed by atoms with E-state index in [0.29, 0.717) is 0 Å². The summed E-state index contributed by atoms with van der Waals surface area (Å²) in [6.45, 7) is 1.50. The number of carbonyl (C=O) groups is 7. The lowest BCUT2D eigenvalue weighted by Gasteiger charge is -2.25. The molecule has 0 bridgehead atoms. The maximum Gasteiger partial charge on any atom is 0.243 e. The zero-order chi connectivity index (χ0) is 33.9. The number of primary amides is 3. The van der Waals surface area contributed by atoms with Gasteiger partial charge >= 0.3 is 0 Å². The highest BCUT2D eigenvalue weighted by Crippen LogP contribution is 2.06. The van der Waals surface area contributed by atoms with Gasteiger partial charge in [-0.3, -0.25) is 38.6 Å². The van der Waals surface area contributed by atoms with Gasteiger partial charge in [0.2, 0.25) is 41.4 Å². The Hall–Kier alpha value is -5.22. The largest absolute Gasteiger partial charge is 0.370 e. The van der Waals surface area contributed by atoms with Crippen molar-refractivity contribution in [3.8, 4) is 0 Å². The molecule has 0 saturated carbocycles. The summed E-state index contributed by atoms with van der Waals surface area (Å²) in [7, 11) is 0. The van der Waals surface area contributed by atoms with Crippen molar-refractivity contribution in [3.63, 3.8) is 0 Å². The number of rotatable bonds is 21. The Balaban J connectivity index is 2.98. The van der Waals surface area contributed by atoms with Crippen LogP contribution in [0, 0.1) is 0 Å². The van der Waals surface area contributed by atoms with Gasteiger partial charge in [0.05, 0.1) is 0 Å². The third kappa shape index (κ3) is 16.3. The summed E-state index contributed by atoms with van der Waals surface area (Å²) >= 11 is 0. The zero-order valence-electron chi connectivity index (χ0n) is 25.3. The number of amides is 7. The number of guanidine groups is 1. The van der Waals surface area contributed by atoms with E-state index in [9.17, 15) is 33.6 Å². The van der Waals surface area contributed by atoms with E-state index < -0.39 is 65.5 Å². The van der Waals surface area contributed by atoms with Gasteiger partial charge < -0.3 is 49.9 Å². The number of aliphatic imine (C=N–C) groups is 1. The van der Waals surface area contributed by atoms with Crippen LogP contribution in [-0.2, 0) is 40.0 Å². The molecular weight excluding hydrogens is 588 g/mol. The molecule has 0 aliphatic heterocycles. The van der Waals surface area contributed by atoms with Crippen molar-refractivity contribution in [2.24, 2.45) is 33.7 Å². The second-order valence-corrected chi connectivity index (χ2v) is 10.3. The predicted octanol–water partition coefficient (Wildman–Crippen LogP) is -3.35. The van der Waals surface area contributed by atoms with Crippen molar-refractivity contribution in [1.29, 1.82) is 0 Å². The van der Waals surface area contributed by atoms with Gasteiger partial charge in [-0.1, -0.05) is 30.3 Å². The molecule has 17 heteroatoms. The fraction of sp³-hybridized carbons (Fsp3) is 0.500. The zero-order valence-corrected chi connectivity index (χ0v) is 25.3. The highest BCUT2D eigenvalue weighted by atomic mass is 16.2. The smallest absolute Gasteiger partial charge is 0.243 e. The summed E-state index contributed by atoms with van der Waals surface area (Å²) in [5.41, 5.74) is 27.2. The Bertz CT molecular complexity index is 1220. The predicted molar refractivity (Wildman–Crippen MR) is 164 cm³/mol. The number of nitrogens with zero attached hydrogens (tertiary/aromatic N) is 1. The van der Waals surface area contributed by atoms with Crippen molar-refractivity contribution in [2.75, 3.05) is 6.54 Å². The molecule has 0 aromatic heterocycles. The topological polar surface area (TPSA) is 310 Å². The van der Waals surface area contributed by atoms with Crippen molar-refractivity contribution in [2.45, 2.75) is 82.5 Å². The fourth-order valence-electron chi connectivity index (χ4n) is 4.04. The third-order valence-corrected chi connectivity index (χ3v) is 6.43. The van der Waals surface area contributed by atoms with Crippen LogP contribution in [-0.4, -0.2) is 78.0 Å². The van der Waals surface area contributed by atoms with Crippen LogP contribution in [0.4, 0.5) is 0 Å². The van der Waals surface area contributed by atoms with Crippen LogP contribution < -0.4 is 49.9 Å².